The van der Waals surface area contributed by atoms with Crippen LogP contribution in [-0.2, 0) is 0 Å². The largest absolute Gasteiger partial charge is 0.505 e. The number of hydrogen-bond donors (Lipinski definition) is 4. The van der Waals surface area contributed by atoms with Crippen LogP contribution in [0, 0.1) is 15.9 Å². The second-order valence-corrected chi connectivity index (χ2v) is 4.79. The molecule has 4 N–H and O–H groups in total. The summed E-state index contributed by atoms with van der Waals surface area (Å²) >= 11 is 0. The quantitative estimate of drug-likeness (QED) is 0.327. The number of nitro groups is 1. The van der Waals surface area contributed by atoms with E-state index in [0.29, 0.717) is 5.56 Å². The maximum absolute atomic E-state index is 13.1. The highest BCUT2D eigenvalue weighted by molar-refractivity contribution is 5.69. The van der Waals surface area contributed by atoms with E-state index in [9.17, 15) is 29.8 Å². The minimum atomic E-state index is -0.858. The zero-order valence-corrected chi connectivity index (χ0v) is 11.8. The number of H-pyrrole nitrogens is 1. The standard InChI is InChI=1S/C14H9FN4O5/c15-8-2-1-6(4-10(8)20)13-16-14(18-17-13)7-3-9(19(23)24)12(22)11(21)5-7/h1-5,20-22H,(H,16,17,18). The predicted octanol–water partition coefficient (Wildman–Crippen LogP) is 2.30. The first-order valence-corrected chi connectivity index (χ1v) is 6.49. The molecule has 0 aliphatic heterocycles. The summed E-state index contributed by atoms with van der Waals surface area (Å²) in [6.45, 7) is 0. The van der Waals surface area contributed by atoms with Crippen LogP contribution in [0.1, 0.15) is 0 Å². The van der Waals surface area contributed by atoms with Crippen LogP contribution >= 0.6 is 0 Å². The number of nitrogens with zero attached hydrogens (tertiary/aromatic N) is 3. The van der Waals surface area contributed by atoms with Crippen LogP contribution in [0.5, 0.6) is 17.2 Å². The van der Waals surface area contributed by atoms with Gasteiger partial charge in [0, 0.05) is 17.2 Å². The van der Waals surface area contributed by atoms with Gasteiger partial charge >= 0.3 is 5.69 Å². The molecule has 3 aromatic rings. The normalized spacial score (nSPS) is 10.7. The summed E-state index contributed by atoms with van der Waals surface area (Å²) in [5, 5.41) is 45.7. The van der Waals surface area contributed by atoms with Gasteiger partial charge in [0.15, 0.2) is 29.0 Å². The fourth-order valence-corrected chi connectivity index (χ4v) is 2.05. The highest BCUT2D eigenvalue weighted by atomic mass is 19.1. The summed E-state index contributed by atoms with van der Waals surface area (Å²) in [4.78, 5) is 14.1. The Morgan fingerprint density at radius 2 is 1.79 bits per heavy atom. The Bertz CT molecular complexity index is 956. The Morgan fingerprint density at radius 3 is 2.46 bits per heavy atom. The van der Waals surface area contributed by atoms with E-state index in [2.05, 4.69) is 15.2 Å². The van der Waals surface area contributed by atoms with Gasteiger partial charge in [0.05, 0.1) is 4.92 Å². The Labute approximate surface area is 132 Å². The molecule has 1 heterocycles. The van der Waals surface area contributed by atoms with E-state index in [0.717, 1.165) is 24.3 Å². The molecule has 0 saturated carbocycles. The van der Waals surface area contributed by atoms with Crippen molar-refractivity contribution in [3.8, 4) is 40.0 Å². The lowest BCUT2D eigenvalue weighted by Gasteiger charge is -2.01. The molecular formula is C14H9FN4O5. The number of aromatic nitrogens is 3. The van der Waals surface area contributed by atoms with Crippen molar-refractivity contribution in [3.63, 3.8) is 0 Å². The maximum atomic E-state index is 13.1. The van der Waals surface area contributed by atoms with Gasteiger partial charge in [-0.25, -0.2) is 9.37 Å². The summed E-state index contributed by atoms with van der Waals surface area (Å²) in [5.74, 6) is -2.73. The molecule has 3 rings (SSSR count). The number of nitro benzene ring substituents is 1. The molecule has 0 aliphatic carbocycles. The highest BCUT2D eigenvalue weighted by Gasteiger charge is 2.21. The second kappa shape index (κ2) is 5.50. The van der Waals surface area contributed by atoms with Crippen LogP contribution in [-0.4, -0.2) is 35.4 Å². The number of rotatable bonds is 3. The number of nitrogens with one attached hydrogen (secondary N) is 1. The van der Waals surface area contributed by atoms with Crippen LogP contribution < -0.4 is 0 Å². The Hall–Kier alpha value is -3.69. The third kappa shape index (κ3) is 2.56. The molecule has 10 heteroatoms. The number of halogens is 1. The van der Waals surface area contributed by atoms with Crippen LogP contribution in [0.3, 0.4) is 0 Å². The van der Waals surface area contributed by atoms with Crippen molar-refractivity contribution >= 4 is 5.69 Å². The lowest BCUT2D eigenvalue weighted by molar-refractivity contribution is -0.385. The van der Waals surface area contributed by atoms with Gasteiger partial charge in [-0.1, -0.05) is 0 Å². The minimum Gasteiger partial charge on any atom is -0.505 e. The van der Waals surface area contributed by atoms with Crippen LogP contribution in [0.2, 0.25) is 0 Å². The molecule has 0 radical (unpaired) electrons. The molecule has 0 unspecified atom stereocenters. The molecule has 9 nitrogen and oxygen atoms in total. The van der Waals surface area contributed by atoms with Crippen molar-refractivity contribution in [2.75, 3.05) is 0 Å². The molecule has 1 aromatic heterocycles. The number of benzene rings is 2. The first-order valence-electron chi connectivity index (χ1n) is 6.49. The van der Waals surface area contributed by atoms with Crippen molar-refractivity contribution in [3.05, 3.63) is 46.3 Å². The first kappa shape index (κ1) is 15.2. The molecule has 0 saturated heterocycles. The van der Waals surface area contributed by atoms with Gasteiger partial charge in [0.25, 0.3) is 0 Å². The number of aromatic hydroxyl groups is 3. The van der Waals surface area contributed by atoms with Crippen molar-refractivity contribution in [1.82, 2.24) is 15.2 Å². The Balaban J connectivity index is 2.05. The smallest absolute Gasteiger partial charge is 0.315 e. The fraction of sp³-hybridized carbons (Fsp3) is 0. The van der Waals surface area contributed by atoms with Crippen molar-refractivity contribution in [1.29, 1.82) is 0 Å². The van der Waals surface area contributed by atoms with Crippen molar-refractivity contribution < 1.29 is 24.6 Å². The van der Waals surface area contributed by atoms with Crippen molar-refractivity contribution in [2.24, 2.45) is 0 Å². The average molecular weight is 332 g/mol. The van der Waals surface area contributed by atoms with E-state index in [1.54, 1.807) is 0 Å². The van der Waals surface area contributed by atoms with Gasteiger partial charge in [-0.15, -0.1) is 0 Å². The maximum Gasteiger partial charge on any atom is 0.315 e. The summed E-state index contributed by atoms with van der Waals surface area (Å²) < 4.78 is 13.1. The van der Waals surface area contributed by atoms with Crippen LogP contribution in [0.25, 0.3) is 22.8 Å². The zero-order valence-electron chi connectivity index (χ0n) is 11.8. The monoisotopic (exact) mass is 332 g/mol. The summed E-state index contributed by atoms with van der Waals surface area (Å²) in [6.07, 6.45) is 0. The number of phenols is 3. The number of aromatic amines is 1. The van der Waals surface area contributed by atoms with Gasteiger partial charge in [-0.2, -0.15) is 5.10 Å². The molecule has 0 fully saturated rings. The van der Waals surface area contributed by atoms with Crippen LogP contribution in [0.4, 0.5) is 10.1 Å². The highest BCUT2D eigenvalue weighted by Crippen LogP contribution is 2.38. The molecule has 2 aromatic carbocycles. The van der Waals surface area contributed by atoms with Gasteiger partial charge in [0.1, 0.15) is 0 Å². The molecule has 0 aliphatic rings. The SMILES string of the molecule is O=[N+]([O-])c1cc(-c2n[nH]c(-c3ccc(F)c(O)c3)n2)cc(O)c1O. The number of phenolic OH excluding ortho intramolecular Hbond substituents is 3. The molecule has 0 spiro atoms. The summed E-state index contributed by atoms with van der Waals surface area (Å²) in [6, 6.07) is 5.61. The zero-order chi connectivity index (χ0) is 17.4. The average Bonchev–Trinajstić information content (AvgIpc) is 3.02. The van der Waals surface area contributed by atoms with Gasteiger partial charge in [-0.05, 0) is 24.3 Å². The topological polar surface area (TPSA) is 145 Å². The second-order valence-electron chi connectivity index (χ2n) is 4.79. The summed E-state index contributed by atoms with van der Waals surface area (Å²) in [7, 11) is 0. The van der Waals surface area contributed by atoms with Crippen molar-refractivity contribution in [2.45, 2.75) is 0 Å². The lowest BCUT2D eigenvalue weighted by Crippen LogP contribution is -1.91. The molecule has 0 bridgehead atoms. The Morgan fingerprint density at radius 1 is 1.08 bits per heavy atom. The van der Waals surface area contributed by atoms with E-state index in [-0.39, 0.29) is 17.2 Å². The molecule has 122 valence electrons. The lowest BCUT2D eigenvalue weighted by atomic mass is 10.1. The van der Waals surface area contributed by atoms with E-state index < -0.39 is 33.7 Å². The van der Waals surface area contributed by atoms with Gasteiger partial charge in [-0.3, -0.25) is 15.2 Å². The van der Waals surface area contributed by atoms with E-state index in [1.165, 1.54) is 6.07 Å². The first-order chi connectivity index (χ1) is 11.4. The number of hydrogen-bond acceptors (Lipinski definition) is 7. The van der Waals surface area contributed by atoms with Gasteiger partial charge in [0.2, 0.25) is 5.75 Å². The molecule has 0 atom stereocenters. The van der Waals surface area contributed by atoms with Crippen LogP contribution in [0.15, 0.2) is 30.3 Å². The van der Waals surface area contributed by atoms with E-state index in [1.807, 2.05) is 0 Å². The van der Waals surface area contributed by atoms with Gasteiger partial charge < -0.3 is 15.3 Å². The fourth-order valence-electron chi connectivity index (χ4n) is 2.05. The predicted molar refractivity (Wildman–Crippen MR) is 78.9 cm³/mol. The van der Waals surface area contributed by atoms with E-state index >= 15 is 0 Å². The molecule has 24 heavy (non-hydrogen) atoms. The Kier molecular flexibility index (Phi) is 3.49. The third-order valence-electron chi connectivity index (χ3n) is 3.23. The minimum absolute atomic E-state index is 0.00668. The summed E-state index contributed by atoms with van der Waals surface area (Å²) in [5.41, 5.74) is -0.272. The molecule has 0 amide bonds. The van der Waals surface area contributed by atoms with E-state index in [4.69, 9.17) is 0 Å². The molecular weight excluding hydrogens is 323 g/mol. The third-order valence-corrected chi connectivity index (χ3v) is 3.23.